The van der Waals surface area contributed by atoms with Gasteiger partial charge in [-0.05, 0) is 17.7 Å². The van der Waals surface area contributed by atoms with Crippen LogP contribution in [0.15, 0.2) is 24.5 Å². The molecule has 0 fully saturated rings. The highest BCUT2D eigenvalue weighted by molar-refractivity contribution is 5.78. The van der Waals surface area contributed by atoms with Gasteiger partial charge in [0.05, 0.1) is 7.11 Å². The molecule has 1 atom stereocenters. The third-order valence-corrected chi connectivity index (χ3v) is 1.91. The van der Waals surface area contributed by atoms with E-state index in [4.69, 9.17) is 5.73 Å². The van der Waals surface area contributed by atoms with E-state index >= 15 is 0 Å². The Morgan fingerprint density at radius 3 is 2.53 bits per heavy atom. The minimum Gasteiger partial charge on any atom is -0.465 e. The zero-order valence-corrected chi connectivity index (χ0v) is 7.98. The molecular formula is C9H10F2N2O2. The number of nitrogens with two attached hydrogens (primary N) is 1. The maximum Gasteiger partial charge on any atom is 0.378 e. The summed E-state index contributed by atoms with van der Waals surface area (Å²) in [4.78, 5) is 14.4. The molecule has 1 rings (SSSR count). The highest BCUT2D eigenvalue weighted by Crippen LogP contribution is 2.29. The molecule has 0 radical (unpaired) electrons. The Morgan fingerprint density at radius 2 is 2.07 bits per heavy atom. The third-order valence-electron chi connectivity index (χ3n) is 1.91. The van der Waals surface area contributed by atoms with Crippen molar-refractivity contribution in [2.75, 3.05) is 7.11 Å². The van der Waals surface area contributed by atoms with Crippen LogP contribution in [-0.4, -0.2) is 24.0 Å². The van der Waals surface area contributed by atoms with Gasteiger partial charge in [-0.1, -0.05) is 0 Å². The maximum absolute atomic E-state index is 13.3. The van der Waals surface area contributed by atoms with Crippen LogP contribution in [0.1, 0.15) is 11.6 Å². The van der Waals surface area contributed by atoms with E-state index in [9.17, 15) is 13.6 Å². The van der Waals surface area contributed by atoms with Crippen LogP contribution in [0.25, 0.3) is 0 Å². The summed E-state index contributed by atoms with van der Waals surface area (Å²) >= 11 is 0. The second-order valence-corrected chi connectivity index (χ2v) is 2.87. The number of halogens is 2. The number of alkyl halides is 2. The van der Waals surface area contributed by atoms with Crippen LogP contribution < -0.4 is 5.73 Å². The Balaban J connectivity index is 2.94. The van der Waals surface area contributed by atoms with Gasteiger partial charge in [0, 0.05) is 12.4 Å². The lowest BCUT2D eigenvalue weighted by molar-refractivity contribution is -0.172. The van der Waals surface area contributed by atoms with Crippen LogP contribution in [0.2, 0.25) is 0 Å². The van der Waals surface area contributed by atoms with Crippen LogP contribution in [0.4, 0.5) is 8.78 Å². The van der Waals surface area contributed by atoms with E-state index < -0.39 is 17.9 Å². The number of ether oxygens (including phenoxy) is 1. The molecule has 82 valence electrons. The number of esters is 1. The van der Waals surface area contributed by atoms with Gasteiger partial charge >= 0.3 is 11.9 Å². The second-order valence-electron chi connectivity index (χ2n) is 2.87. The molecule has 2 N–H and O–H groups in total. The summed E-state index contributed by atoms with van der Waals surface area (Å²) in [5, 5.41) is 0. The summed E-state index contributed by atoms with van der Waals surface area (Å²) in [5.74, 6) is -5.39. The Labute approximate surface area is 85.1 Å². The van der Waals surface area contributed by atoms with E-state index in [1.54, 1.807) is 0 Å². The number of nitrogens with zero attached hydrogens (tertiary/aromatic N) is 1. The summed E-state index contributed by atoms with van der Waals surface area (Å²) in [7, 11) is 0.884. The molecule has 6 heteroatoms. The topological polar surface area (TPSA) is 65.2 Å². The van der Waals surface area contributed by atoms with E-state index in [0.717, 1.165) is 7.11 Å². The minimum absolute atomic E-state index is 0.125. The van der Waals surface area contributed by atoms with Crippen molar-refractivity contribution >= 4 is 5.97 Å². The molecule has 0 aliphatic rings. The Morgan fingerprint density at radius 1 is 1.53 bits per heavy atom. The molecule has 0 saturated heterocycles. The summed E-state index contributed by atoms with van der Waals surface area (Å²) in [6, 6.07) is 0.913. The lowest BCUT2D eigenvalue weighted by Gasteiger charge is -2.20. The molecule has 4 nitrogen and oxygen atoms in total. The van der Waals surface area contributed by atoms with Crippen LogP contribution in [0, 0.1) is 0 Å². The van der Waals surface area contributed by atoms with Gasteiger partial charge < -0.3 is 10.5 Å². The normalized spacial score (nSPS) is 13.3. The van der Waals surface area contributed by atoms with Crippen LogP contribution in [0.5, 0.6) is 0 Å². The fourth-order valence-corrected chi connectivity index (χ4v) is 1.04. The monoisotopic (exact) mass is 216 g/mol. The number of hydrogen-bond acceptors (Lipinski definition) is 4. The lowest BCUT2D eigenvalue weighted by Crippen LogP contribution is -2.41. The predicted molar refractivity (Wildman–Crippen MR) is 48.1 cm³/mol. The SMILES string of the molecule is COC(=O)C(F)(F)C(N)c1ccncc1. The highest BCUT2D eigenvalue weighted by Gasteiger charge is 2.47. The zero-order chi connectivity index (χ0) is 11.5. The number of rotatable bonds is 3. The van der Waals surface area contributed by atoms with Gasteiger partial charge in [-0.25, -0.2) is 4.79 Å². The largest absolute Gasteiger partial charge is 0.465 e. The quantitative estimate of drug-likeness (QED) is 0.762. The summed E-state index contributed by atoms with van der Waals surface area (Å²) in [6.07, 6.45) is 2.64. The van der Waals surface area contributed by atoms with Crippen molar-refractivity contribution in [3.8, 4) is 0 Å². The Kier molecular flexibility index (Phi) is 3.31. The van der Waals surface area contributed by atoms with Crippen LogP contribution >= 0.6 is 0 Å². The third kappa shape index (κ3) is 2.27. The molecule has 1 aromatic rings. The molecule has 0 spiro atoms. The van der Waals surface area contributed by atoms with E-state index in [1.165, 1.54) is 24.5 Å². The number of hydrogen-bond donors (Lipinski definition) is 1. The van der Waals surface area contributed by atoms with Gasteiger partial charge in [-0.15, -0.1) is 0 Å². The van der Waals surface area contributed by atoms with Gasteiger partial charge in [0.25, 0.3) is 0 Å². The first-order valence-electron chi connectivity index (χ1n) is 4.12. The standard InChI is InChI=1S/C9H10F2N2O2/c1-15-8(14)9(10,11)7(12)6-2-4-13-5-3-6/h2-5,7H,12H2,1H3. The van der Waals surface area contributed by atoms with E-state index in [-0.39, 0.29) is 5.56 Å². The van der Waals surface area contributed by atoms with Gasteiger partial charge in [0.1, 0.15) is 6.04 Å². The maximum atomic E-state index is 13.3. The second kappa shape index (κ2) is 4.31. The predicted octanol–water partition coefficient (Wildman–Crippen LogP) is 0.890. The van der Waals surface area contributed by atoms with Crippen molar-refractivity contribution in [1.29, 1.82) is 0 Å². The molecule has 15 heavy (non-hydrogen) atoms. The van der Waals surface area contributed by atoms with E-state index in [2.05, 4.69) is 9.72 Å². The van der Waals surface area contributed by atoms with E-state index in [0.29, 0.717) is 0 Å². The molecule has 0 aliphatic heterocycles. The van der Waals surface area contributed by atoms with Crippen molar-refractivity contribution in [1.82, 2.24) is 4.98 Å². The average Bonchev–Trinajstić information content (AvgIpc) is 2.28. The van der Waals surface area contributed by atoms with Crippen molar-refractivity contribution in [2.45, 2.75) is 12.0 Å². The molecule has 1 heterocycles. The zero-order valence-electron chi connectivity index (χ0n) is 7.98. The molecule has 0 bridgehead atoms. The first-order valence-corrected chi connectivity index (χ1v) is 4.12. The van der Waals surface area contributed by atoms with Crippen LogP contribution in [0.3, 0.4) is 0 Å². The fraction of sp³-hybridized carbons (Fsp3) is 0.333. The summed E-state index contributed by atoms with van der Waals surface area (Å²) in [6.45, 7) is 0. The van der Waals surface area contributed by atoms with Gasteiger partial charge in [-0.3, -0.25) is 4.98 Å². The smallest absolute Gasteiger partial charge is 0.378 e. The average molecular weight is 216 g/mol. The van der Waals surface area contributed by atoms with Gasteiger partial charge in [0.15, 0.2) is 0 Å². The first kappa shape index (κ1) is 11.5. The minimum atomic E-state index is -3.74. The molecular weight excluding hydrogens is 206 g/mol. The first-order chi connectivity index (χ1) is 7.00. The molecule has 1 aromatic heterocycles. The van der Waals surface area contributed by atoms with Crippen molar-refractivity contribution in [2.24, 2.45) is 5.73 Å². The summed E-state index contributed by atoms with van der Waals surface area (Å²) < 4.78 is 30.5. The Bertz CT molecular complexity index is 343. The summed E-state index contributed by atoms with van der Waals surface area (Å²) in [5.41, 5.74) is 5.40. The van der Waals surface area contributed by atoms with Crippen molar-refractivity contribution in [3.05, 3.63) is 30.1 Å². The number of methoxy groups -OCH3 is 1. The molecule has 0 aliphatic carbocycles. The van der Waals surface area contributed by atoms with Crippen molar-refractivity contribution < 1.29 is 18.3 Å². The Hall–Kier alpha value is -1.56. The van der Waals surface area contributed by atoms with Gasteiger partial charge in [-0.2, -0.15) is 8.78 Å². The fourth-order valence-electron chi connectivity index (χ4n) is 1.04. The number of pyridine rings is 1. The molecule has 0 saturated carbocycles. The van der Waals surface area contributed by atoms with Crippen molar-refractivity contribution in [3.63, 3.8) is 0 Å². The lowest BCUT2D eigenvalue weighted by atomic mass is 10.0. The molecule has 0 amide bonds. The number of carbonyl (C=O) groups is 1. The number of carbonyl (C=O) groups excluding carboxylic acids is 1. The molecule has 1 unspecified atom stereocenters. The van der Waals surface area contributed by atoms with Crippen LogP contribution in [-0.2, 0) is 9.53 Å². The van der Waals surface area contributed by atoms with Gasteiger partial charge in [0.2, 0.25) is 0 Å². The highest BCUT2D eigenvalue weighted by atomic mass is 19.3. The van der Waals surface area contributed by atoms with E-state index in [1.807, 2.05) is 0 Å². The molecule has 0 aromatic carbocycles. The number of aromatic nitrogens is 1.